The van der Waals surface area contributed by atoms with Crippen LogP contribution in [0.4, 0.5) is 10.1 Å². The van der Waals surface area contributed by atoms with E-state index >= 15 is 0 Å². The fourth-order valence-corrected chi connectivity index (χ4v) is 1.85. The van der Waals surface area contributed by atoms with Crippen LogP contribution in [0.15, 0.2) is 48.5 Å². The molecule has 4 nitrogen and oxygen atoms in total. The summed E-state index contributed by atoms with van der Waals surface area (Å²) in [6, 6.07) is 12.8. The number of benzene rings is 2. The number of hydrogen-bond acceptors (Lipinski definition) is 2. The fourth-order valence-electron chi connectivity index (χ4n) is 1.85. The van der Waals surface area contributed by atoms with E-state index in [1.807, 2.05) is 0 Å². The summed E-state index contributed by atoms with van der Waals surface area (Å²) in [5, 5.41) is 5.20. The predicted octanol–water partition coefficient (Wildman–Crippen LogP) is 2.57. The van der Waals surface area contributed by atoms with Crippen LogP contribution in [-0.4, -0.2) is 18.4 Å². The van der Waals surface area contributed by atoms with Crippen molar-refractivity contribution in [2.75, 3.05) is 11.9 Å². The van der Waals surface area contributed by atoms with Gasteiger partial charge in [-0.1, -0.05) is 24.0 Å². The van der Waals surface area contributed by atoms with E-state index in [0.717, 1.165) is 5.56 Å². The molecule has 5 heteroatoms. The molecule has 23 heavy (non-hydrogen) atoms. The van der Waals surface area contributed by atoms with Crippen LogP contribution in [0.3, 0.4) is 0 Å². The van der Waals surface area contributed by atoms with Crippen LogP contribution < -0.4 is 10.6 Å². The molecule has 0 fully saturated rings. The summed E-state index contributed by atoms with van der Waals surface area (Å²) >= 11 is 0. The van der Waals surface area contributed by atoms with Gasteiger partial charge in [0, 0.05) is 18.2 Å². The van der Waals surface area contributed by atoms with E-state index < -0.39 is 11.7 Å². The largest absolute Gasteiger partial charge is 0.341 e. The van der Waals surface area contributed by atoms with Crippen LogP contribution >= 0.6 is 0 Å². The van der Waals surface area contributed by atoms with Gasteiger partial charge in [-0.05, 0) is 36.4 Å². The molecular weight excluding hydrogens is 295 g/mol. The summed E-state index contributed by atoms with van der Waals surface area (Å²) in [5.74, 6) is 4.46. The van der Waals surface area contributed by atoms with Gasteiger partial charge in [0.05, 0.1) is 12.1 Å². The molecule has 0 atom stereocenters. The minimum atomic E-state index is -0.563. The molecule has 0 spiro atoms. The quantitative estimate of drug-likeness (QED) is 0.856. The molecule has 0 saturated heterocycles. The summed E-state index contributed by atoms with van der Waals surface area (Å²) < 4.78 is 13.4. The maximum absolute atomic E-state index is 13.4. The lowest BCUT2D eigenvalue weighted by Gasteiger charge is -2.02. The Morgan fingerprint density at radius 3 is 2.43 bits per heavy atom. The third-order valence-electron chi connectivity index (χ3n) is 2.89. The predicted molar refractivity (Wildman–Crippen MR) is 86.4 cm³/mol. The van der Waals surface area contributed by atoms with Crippen molar-refractivity contribution in [1.29, 1.82) is 0 Å². The number of rotatable bonds is 3. The number of amides is 2. The molecule has 2 aromatic carbocycles. The Balaban J connectivity index is 1.89. The molecule has 0 unspecified atom stereocenters. The first-order chi connectivity index (χ1) is 11.1. The highest BCUT2D eigenvalue weighted by Gasteiger charge is 2.08. The number of halogens is 1. The van der Waals surface area contributed by atoms with Gasteiger partial charge in [-0.2, -0.15) is 0 Å². The summed E-state index contributed by atoms with van der Waals surface area (Å²) in [6.07, 6.45) is 0. The third-order valence-corrected chi connectivity index (χ3v) is 2.89. The fraction of sp³-hybridized carbons (Fsp3) is 0.111. The zero-order valence-electron chi connectivity index (χ0n) is 12.5. The average Bonchev–Trinajstić information content (AvgIpc) is 2.53. The molecule has 0 aliphatic rings. The van der Waals surface area contributed by atoms with Gasteiger partial charge >= 0.3 is 0 Å². The number of nitrogens with one attached hydrogen (secondary N) is 2. The molecule has 0 bridgehead atoms. The highest BCUT2D eigenvalue weighted by atomic mass is 19.1. The Kier molecular flexibility index (Phi) is 5.48. The van der Waals surface area contributed by atoms with Gasteiger partial charge in [0.1, 0.15) is 5.82 Å². The monoisotopic (exact) mass is 310 g/mol. The summed E-state index contributed by atoms with van der Waals surface area (Å²) in [6.45, 7) is 1.55. The molecule has 2 rings (SSSR count). The first-order valence-corrected chi connectivity index (χ1v) is 6.95. The Morgan fingerprint density at radius 1 is 1.09 bits per heavy atom. The normalized spacial score (nSPS) is 9.48. The molecule has 116 valence electrons. The van der Waals surface area contributed by atoms with Crippen LogP contribution in [0.1, 0.15) is 22.8 Å². The molecule has 0 radical (unpaired) electrons. The molecule has 0 heterocycles. The van der Waals surface area contributed by atoms with E-state index in [2.05, 4.69) is 22.5 Å². The van der Waals surface area contributed by atoms with Crippen LogP contribution in [-0.2, 0) is 4.79 Å². The van der Waals surface area contributed by atoms with Crippen molar-refractivity contribution in [2.45, 2.75) is 6.92 Å². The third kappa shape index (κ3) is 4.97. The second kappa shape index (κ2) is 7.76. The van der Waals surface area contributed by atoms with Gasteiger partial charge in [0.2, 0.25) is 5.91 Å². The second-order valence-corrected chi connectivity index (χ2v) is 4.72. The standard InChI is InChI=1S/C18H15FN2O2/c1-13(22)21-15-10-8-14(9-11-15)5-4-12-20-18(23)16-6-2-3-7-17(16)19/h2-3,6-11H,12H2,1H3,(H,20,23)(H,21,22). The minimum absolute atomic E-state index is 0.00559. The highest BCUT2D eigenvalue weighted by molar-refractivity contribution is 5.94. The Hall–Kier alpha value is -3.13. The SMILES string of the molecule is CC(=O)Nc1ccc(C#CCNC(=O)c2ccccc2F)cc1. The van der Waals surface area contributed by atoms with E-state index in [4.69, 9.17) is 0 Å². The summed E-state index contributed by atoms with van der Waals surface area (Å²) in [7, 11) is 0. The van der Waals surface area contributed by atoms with Crippen LogP contribution in [0, 0.1) is 17.7 Å². The number of carbonyl (C=O) groups excluding carboxylic acids is 2. The van der Waals surface area contributed by atoms with Gasteiger partial charge in [-0.25, -0.2) is 4.39 Å². The number of anilines is 1. The smallest absolute Gasteiger partial charge is 0.255 e. The van der Waals surface area contributed by atoms with Crippen molar-refractivity contribution >= 4 is 17.5 Å². The van der Waals surface area contributed by atoms with Crippen molar-refractivity contribution < 1.29 is 14.0 Å². The molecule has 0 saturated carbocycles. The maximum Gasteiger partial charge on any atom is 0.255 e. The zero-order valence-corrected chi connectivity index (χ0v) is 12.5. The van der Waals surface area contributed by atoms with Crippen molar-refractivity contribution in [3.63, 3.8) is 0 Å². The highest BCUT2D eigenvalue weighted by Crippen LogP contribution is 2.08. The van der Waals surface area contributed by atoms with Crippen molar-refractivity contribution in [2.24, 2.45) is 0 Å². The van der Waals surface area contributed by atoms with Crippen molar-refractivity contribution in [1.82, 2.24) is 5.32 Å². The average molecular weight is 310 g/mol. The van der Waals surface area contributed by atoms with Gasteiger partial charge < -0.3 is 10.6 Å². The number of carbonyl (C=O) groups is 2. The molecule has 0 aliphatic carbocycles. The first kappa shape index (κ1) is 16.2. The van der Waals surface area contributed by atoms with E-state index in [9.17, 15) is 14.0 Å². The molecule has 2 amide bonds. The van der Waals surface area contributed by atoms with Crippen LogP contribution in [0.25, 0.3) is 0 Å². The lowest BCUT2D eigenvalue weighted by atomic mass is 10.2. The van der Waals surface area contributed by atoms with Crippen molar-refractivity contribution in [3.8, 4) is 11.8 Å². The molecule has 2 aromatic rings. The van der Waals surface area contributed by atoms with Gasteiger partial charge in [-0.15, -0.1) is 0 Å². The van der Waals surface area contributed by atoms with E-state index in [1.165, 1.54) is 25.1 Å². The van der Waals surface area contributed by atoms with Gasteiger partial charge in [-0.3, -0.25) is 9.59 Å². The minimum Gasteiger partial charge on any atom is -0.341 e. The molecule has 0 aromatic heterocycles. The Labute approximate surface area is 133 Å². The van der Waals surface area contributed by atoms with E-state index in [1.54, 1.807) is 30.3 Å². The van der Waals surface area contributed by atoms with Gasteiger partial charge in [0.15, 0.2) is 0 Å². The van der Waals surface area contributed by atoms with E-state index in [-0.39, 0.29) is 18.0 Å². The molecule has 2 N–H and O–H groups in total. The lowest BCUT2D eigenvalue weighted by Crippen LogP contribution is -2.24. The Morgan fingerprint density at radius 2 is 1.78 bits per heavy atom. The van der Waals surface area contributed by atoms with Crippen LogP contribution in [0.5, 0.6) is 0 Å². The molecule has 0 aliphatic heterocycles. The zero-order chi connectivity index (χ0) is 16.7. The Bertz CT molecular complexity index is 774. The van der Waals surface area contributed by atoms with Crippen molar-refractivity contribution in [3.05, 3.63) is 65.5 Å². The summed E-state index contributed by atoms with van der Waals surface area (Å²) in [4.78, 5) is 22.7. The second-order valence-electron chi connectivity index (χ2n) is 4.72. The van der Waals surface area contributed by atoms with Crippen LogP contribution in [0.2, 0.25) is 0 Å². The topological polar surface area (TPSA) is 58.2 Å². The summed E-state index contributed by atoms with van der Waals surface area (Å²) in [5.41, 5.74) is 1.43. The number of hydrogen-bond donors (Lipinski definition) is 2. The first-order valence-electron chi connectivity index (χ1n) is 6.95. The lowest BCUT2D eigenvalue weighted by molar-refractivity contribution is -0.114. The van der Waals surface area contributed by atoms with E-state index in [0.29, 0.717) is 5.69 Å². The maximum atomic E-state index is 13.4. The molecular formula is C18H15FN2O2. The van der Waals surface area contributed by atoms with Gasteiger partial charge in [0.25, 0.3) is 5.91 Å².